The molecule has 0 saturated carbocycles. The zero-order valence-corrected chi connectivity index (χ0v) is 11.6. The largest absolute Gasteiger partial charge is 0.335 e. The quantitative estimate of drug-likeness (QED) is 0.928. The molecule has 3 nitrogen and oxygen atoms in total. The average molecular weight is 303 g/mol. The summed E-state index contributed by atoms with van der Waals surface area (Å²) in [6.07, 6.45) is 0.865. The molecule has 1 amide bonds. The Bertz CT molecular complexity index is 380. The fourth-order valence-electron chi connectivity index (χ4n) is 1.89. The molecule has 2 rings (SSSR count). The molecule has 0 aromatic carbocycles. The van der Waals surface area contributed by atoms with Crippen LogP contribution in [0.25, 0.3) is 0 Å². The molecule has 1 unspecified atom stereocenters. The van der Waals surface area contributed by atoms with Gasteiger partial charge in [-0.3, -0.25) is 4.79 Å². The molecular formula is C11H15BrN2OS. The van der Waals surface area contributed by atoms with Gasteiger partial charge in [0.15, 0.2) is 0 Å². The second-order valence-electron chi connectivity index (χ2n) is 3.88. The molecule has 1 aromatic rings. The van der Waals surface area contributed by atoms with Gasteiger partial charge in [0.25, 0.3) is 0 Å². The number of nitrogens with one attached hydrogen (secondary N) is 1. The predicted octanol–water partition coefficient (Wildman–Crippen LogP) is 2.22. The van der Waals surface area contributed by atoms with E-state index in [4.69, 9.17) is 0 Å². The van der Waals surface area contributed by atoms with Crippen molar-refractivity contribution in [1.29, 1.82) is 0 Å². The van der Waals surface area contributed by atoms with E-state index >= 15 is 0 Å². The first-order chi connectivity index (χ1) is 7.70. The summed E-state index contributed by atoms with van der Waals surface area (Å²) in [4.78, 5) is 15.2. The summed E-state index contributed by atoms with van der Waals surface area (Å²) in [5.74, 6) is 0.235. The Morgan fingerprint density at radius 2 is 2.44 bits per heavy atom. The van der Waals surface area contributed by atoms with Crippen molar-refractivity contribution < 1.29 is 4.79 Å². The van der Waals surface area contributed by atoms with Crippen molar-refractivity contribution in [2.45, 2.75) is 25.9 Å². The van der Waals surface area contributed by atoms with Crippen molar-refractivity contribution in [2.75, 3.05) is 13.1 Å². The summed E-state index contributed by atoms with van der Waals surface area (Å²) in [5.41, 5.74) is 0. The average Bonchev–Trinajstić information content (AvgIpc) is 2.67. The molecule has 0 bridgehead atoms. The lowest BCUT2D eigenvalue weighted by Crippen LogP contribution is -2.54. The molecule has 88 valence electrons. The first-order valence-electron chi connectivity index (χ1n) is 5.47. The van der Waals surface area contributed by atoms with Gasteiger partial charge in [0.2, 0.25) is 5.91 Å². The number of nitrogens with zero attached hydrogens (tertiary/aromatic N) is 1. The molecule has 1 saturated heterocycles. The van der Waals surface area contributed by atoms with E-state index < -0.39 is 0 Å². The van der Waals surface area contributed by atoms with Crippen LogP contribution in [0.1, 0.15) is 18.2 Å². The first-order valence-corrected chi connectivity index (χ1v) is 7.08. The summed E-state index contributed by atoms with van der Waals surface area (Å²) < 4.78 is 1.12. The number of amides is 1. The normalized spacial score (nSPS) is 21.5. The molecule has 1 N–H and O–H groups in total. The predicted molar refractivity (Wildman–Crippen MR) is 69.5 cm³/mol. The van der Waals surface area contributed by atoms with Crippen LogP contribution in [0.3, 0.4) is 0 Å². The molecule has 1 aliphatic rings. The summed E-state index contributed by atoms with van der Waals surface area (Å²) in [6, 6.07) is 4.12. The van der Waals surface area contributed by atoms with E-state index in [1.807, 2.05) is 17.9 Å². The molecule has 2 heterocycles. The topological polar surface area (TPSA) is 32.3 Å². The highest BCUT2D eigenvalue weighted by molar-refractivity contribution is 9.11. The number of rotatable bonds is 3. The Morgan fingerprint density at radius 3 is 3.06 bits per heavy atom. The minimum atomic E-state index is 0.0113. The van der Waals surface area contributed by atoms with E-state index in [2.05, 4.69) is 27.3 Å². The smallest absolute Gasteiger partial charge is 0.240 e. The highest BCUT2D eigenvalue weighted by atomic mass is 79.9. The molecule has 16 heavy (non-hydrogen) atoms. The molecule has 1 aromatic heterocycles. The third-order valence-corrected chi connectivity index (χ3v) is 4.37. The summed E-state index contributed by atoms with van der Waals surface area (Å²) in [5, 5.41) is 3.24. The van der Waals surface area contributed by atoms with E-state index in [1.54, 1.807) is 11.3 Å². The van der Waals surface area contributed by atoms with E-state index in [0.29, 0.717) is 0 Å². The number of hydrogen-bond acceptors (Lipinski definition) is 3. The lowest BCUT2D eigenvalue weighted by Gasteiger charge is -2.32. The van der Waals surface area contributed by atoms with Crippen molar-refractivity contribution >= 4 is 33.2 Å². The maximum absolute atomic E-state index is 12.0. The Morgan fingerprint density at radius 1 is 1.62 bits per heavy atom. The van der Waals surface area contributed by atoms with Gasteiger partial charge in [0.1, 0.15) is 0 Å². The van der Waals surface area contributed by atoms with Crippen molar-refractivity contribution in [3.8, 4) is 0 Å². The van der Waals surface area contributed by atoms with Gasteiger partial charge in [-0.25, -0.2) is 0 Å². The summed E-state index contributed by atoms with van der Waals surface area (Å²) in [7, 11) is 0. The number of thiophene rings is 1. The second-order valence-corrected chi connectivity index (χ2v) is 6.43. The maximum atomic E-state index is 12.0. The van der Waals surface area contributed by atoms with Crippen LogP contribution in [-0.4, -0.2) is 29.9 Å². The molecule has 1 aliphatic heterocycles. The van der Waals surface area contributed by atoms with Gasteiger partial charge in [0, 0.05) is 18.0 Å². The zero-order valence-electron chi connectivity index (χ0n) is 9.20. The molecule has 1 fully saturated rings. The van der Waals surface area contributed by atoms with Gasteiger partial charge in [-0.15, -0.1) is 11.3 Å². The van der Waals surface area contributed by atoms with Crippen LogP contribution in [-0.2, 0) is 11.3 Å². The molecule has 5 heteroatoms. The van der Waals surface area contributed by atoms with E-state index in [-0.39, 0.29) is 11.9 Å². The van der Waals surface area contributed by atoms with E-state index in [0.717, 1.165) is 29.8 Å². The summed E-state index contributed by atoms with van der Waals surface area (Å²) in [6.45, 7) is 4.50. The number of carbonyl (C=O) groups excluding carboxylic acids is 1. The van der Waals surface area contributed by atoms with Gasteiger partial charge < -0.3 is 10.2 Å². The lowest BCUT2D eigenvalue weighted by atomic mass is 10.1. The van der Waals surface area contributed by atoms with Crippen molar-refractivity contribution in [2.24, 2.45) is 0 Å². The van der Waals surface area contributed by atoms with Gasteiger partial charge in [-0.2, -0.15) is 0 Å². The minimum Gasteiger partial charge on any atom is -0.335 e. The second kappa shape index (κ2) is 5.29. The fourth-order valence-corrected chi connectivity index (χ4v) is 3.39. The highest BCUT2D eigenvalue weighted by Gasteiger charge is 2.26. The Hall–Kier alpha value is -0.390. The number of carbonyl (C=O) groups is 1. The number of piperazine rings is 1. The van der Waals surface area contributed by atoms with E-state index in [1.165, 1.54) is 4.88 Å². The van der Waals surface area contributed by atoms with Crippen LogP contribution < -0.4 is 5.32 Å². The lowest BCUT2D eigenvalue weighted by molar-refractivity contribution is -0.136. The van der Waals surface area contributed by atoms with Crippen molar-refractivity contribution in [3.63, 3.8) is 0 Å². The molecule has 1 atom stereocenters. The third kappa shape index (κ3) is 2.64. The summed E-state index contributed by atoms with van der Waals surface area (Å²) >= 11 is 5.13. The molecule has 0 spiro atoms. The first kappa shape index (κ1) is 12.1. The standard InChI is InChI=1S/C11H15BrN2OS/c1-2-9-11(15)14(6-5-13-9)7-8-3-4-10(12)16-8/h3-4,9,13H,2,5-7H2,1H3. The van der Waals surface area contributed by atoms with Gasteiger partial charge in [0.05, 0.1) is 16.4 Å². The molecule has 0 radical (unpaired) electrons. The molecular weight excluding hydrogens is 288 g/mol. The Balaban J connectivity index is 2.01. The molecule has 0 aliphatic carbocycles. The van der Waals surface area contributed by atoms with Crippen LogP contribution in [0.2, 0.25) is 0 Å². The fraction of sp³-hybridized carbons (Fsp3) is 0.545. The van der Waals surface area contributed by atoms with Crippen LogP contribution in [0.5, 0.6) is 0 Å². The number of halogens is 1. The van der Waals surface area contributed by atoms with E-state index in [9.17, 15) is 4.79 Å². The SMILES string of the molecule is CCC1NCCN(Cc2ccc(Br)s2)C1=O. The monoisotopic (exact) mass is 302 g/mol. The van der Waals surface area contributed by atoms with Gasteiger partial charge in [-0.1, -0.05) is 6.92 Å². The third-order valence-electron chi connectivity index (χ3n) is 2.77. The minimum absolute atomic E-state index is 0.0113. The maximum Gasteiger partial charge on any atom is 0.240 e. The zero-order chi connectivity index (χ0) is 11.5. The Labute approximate surface area is 108 Å². The van der Waals surface area contributed by atoms with Gasteiger partial charge >= 0.3 is 0 Å². The Kier molecular flexibility index (Phi) is 4.00. The van der Waals surface area contributed by atoms with Crippen LogP contribution in [0, 0.1) is 0 Å². The number of hydrogen-bond donors (Lipinski definition) is 1. The van der Waals surface area contributed by atoms with Crippen molar-refractivity contribution in [1.82, 2.24) is 10.2 Å². The van der Waals surface area contributed by atoms with Crippen LogP contribution in [0.15, 0.2) is 15.9 Å². The van der Waals surface area contributed by atoms with Crippen LogP contribution >= 0.6 is 27.3 Å². The van der Waals surface area contributed by atoms with Crippen molar-refractivity contribution in [3.05, 3.63) is 20.8 Å². The van der Waals surface area contributed by atoms with Gasteiger partial charge in [-0.05, 0) is 34.5 Å². The van der Waals surface area contributed by atoms with Crippen LogP contribution in [0.4, 0.5) is 0 Å². The highest BCUT2D eigenvalue weighted by Crippen LogP contribution is 2.23.